The third kappa shape index (κ3) is 5.03. The SMILES string of the molecule is CN1C=CC(c2ccc(OCCN3C(=O)N(c4ccc(C#N)c(C(F)(F)F)c4)C(=O)C3(C)C)cc2)=CC1. The van der Waals surface area contributed by atoms with Crippen LogP contribution < -0.4 is 9.64 Å². The van der Waals surface area contributed by atoms with Gasteiger partial charge in [0.2, 0.25) is 0 Å². The molecule has 1 fully saturated rings. The Labute approximate surface area is 212 Å². The summed E-state index contributed by atoms with van der Waals surface area (Å²) < 4.78 is 46.1. The van der Waals surface area contributed by atoms with E-state index in [0.717, 1.165) is 29.8 Å². The minimum absolute atomic E-state index is 0.0401. The van der Waals surface area contributed by atoms with Gasteiger partial charge in [0, 0.05) is 13.6 Å². The maximum Gasteiger partial charge on any atom is 0.417 e. The molecule has 0 spiro atoms. The molecule has 2 aliphatic rings. The maximum atomic E-state index is 13.4. The molecular weight excluding hydrogens is 485 g/mol. The molecule has 0 atom stereocenters. The van der Waals surface area contributed by atoms with Crippen molar-refractivity contribution in [1.82, 2.24) is 9.80 Å². The Kier molecular flexibility index (Phi) is 6.74. The lowest BCUT2D eigenvalue weighted by molar-refractivity contribution is -0.137. The summed E-state index contributed by atoms with van der Waals surface area (Å²) in [5.74, 6) is -0.0880. The van der Waals surface area contributed by atoms with Gasteiger partial charge in [-0.05, 0) is 67.6 Å². The Morgan fingerprint density at radius 1 is 1.11 bits per heavy atom. The first-order chi connectivity index (χ1) is 17.4. The highest BCUT2D eigenvalue weighted by Gasteiger charge is 2.52. The quantitative estimate of drug-likeness (QED) is 0.509. The number of benzene rings is 2. The van der Waals surface area contributed by atoms with Crippen LogP contribution in [0.3, 0.4) is 0 Å². The predicted molar refractivity (Wildman–Crippen MR) is 132 cm³/mol. The van der Waals surface area contributed by atoms with E-state index in [1.54, 1.807) is 0 Å². The number of allylic oxidation sites excluding steroid dienone is 2. The molecule has 2 heterocycles. The molecule has 0 aromatic heterocycles. The van der Waals surface area contributed by atoms with E-state index in [4.69, 9.17) is 10.00 Å². The van der Waals surface area contributed by atoms with Crippen molar-refractivity contribution in [3.63, 3.8) is 0 Å². The molecule has 0 aliphatic carbocycles. The van der Waals surface area contributed by atoms with Gasteiger partial charge in [0.05, 0.1) is 29.4 Å². The number of hydrogen-bond donors (Lipinski definition) is 0. The molecule has 10 heteroatoms. The summed E-state index contributed by atoms with van der Waals surface area (Å²) in [6, 6.07) is 11.0. The number of rotatable bonds is 6. The lowest BCUT2D eigenvalue weighted by atomic mass is 10.0. The summed E-state index contributed by atoms with van der Waals surface area (Å²) in [4.78, 5) is 30.3. The second-order valence-corrected chi connectivity index (χ2v) is 9.26. The molecule has 2 aromatic carbocycles. The zero-order chi connectivity index (χ0) is 27.0. The molecule has 192 valence electrons. The van der Waals surface area contributed by atoms with Gasteiger partial charge in [0.25, 0.3) is 5.91 Å². The smallest absolute Gasteiger partial charge is 0.417 e. The first-order valence-corrected chi connectivity index (χ1v) is 11.5. The summed E-state index contributed by atoms with van der Waals surface area (Å²) in [5.41, 5.74) is -1.20. The third-order valence-corrected chi connectivity index (χ3v) is 6.39. The Bertz CT molecular complexity index is 1320. The van der Waals surface area contributed by atoms with E-state index in [-0.39, 0.29) is 18.8 Å². The molecule has 1 saturated heterocycles. The number of hydrogen-bond acceptors (Lipinski definition) is 5. The summed E-state index contributed by atoms with van der Waals surface area (Å²) in [5, 5.41) is 9.02. The summed E-state index contributed by atoms with van der Waals surface area (Å²) in [6.07, 6.45) is 1.33. The Balaban J connectivity index is 1.46. The van der Waals surface area contributed by atoms with Gasteiger partial charge in [-0.25, -0.2) is 9.69 Å². The lowest BCUT2D eigenvalue weighted by Crippen LogP contribution is -2.46. The van der Waals surface area contributed by atoms with Crippen LogP contribution in [0.5, 0.6) is 5.75 Å². The number of nitrogens with zero attached hydrogens (tertiary/aromatic N) is 4. The molecule has 3 amide bonds. The predicted octanol–water partition coefficient (Wildman–Crippen LogP) is 5.05. The van der Waals surface area contributed by atoms with Crippen molar-refractivity contribution in [2.75, 3.05) is 31.6 Å². The second kappa shape index (κ2) is 9.65. The van der Waals surface area contributed by atoms with Gasteiger partial charge in [0.15, 0.2) is 0 Å². The summed E-state index contributed by atoms with van der Waals surface area (Å²) in [7, 11) is 1.99. The monoisotopic (exact) mass is 510 g/mol. The minimum atomic E-state index is -4.81. The van der Waals surface area contributed by atoms with Gasteiger partial charge in [-0.2, -0.15) is 18.4 Å². The van der Waals surface area contributed by atoms with Crippen LogP contribution in [0.15, 0.2) is 60.8 Å². The topological polar surface area (TPSA) is 76.9 Å². The number of amides is 3. The van der Waals surface area contributed by atoms with Gasteiger partial charge < -0.3 is 14.5 Å². The van der Waals surface area contributed by atoms with Crippen LogP contribution in [0.4, 0.5) is 23.7 Å². The van der Waals surface area contributed by atoms with Crippen LogP contribution in [-0.2, 0) is 11.0 Å². The largest absolute Gasteiger partial charge is 0.492 e. The first kappa shape index (κ1) is 25.8. The van der Waals surface area contributed by atoms with E-state index < -0.39 is 34.8 Å². The van der Waals surface area contributed by atoms with Gasteiger partial charge in [0.1, 0.15) is 17.9 Å². The first-order valence-electron chi connectivity index (χ1n) is 11.5. The fourth-order valence-corrected chi connectivity index (χ4v) is 4.23. The third-order valence-electron chi connectivity index (χ3n) is 6.39. The highest BCUT2D eigenvalue weighted by Crippen LogP contribution is 2.37. The van der Waals surface area contributed by atoms with Crippen molar-refractivity contribution in [3.8, 4) is 11.8 Å². The van der Waals surface area contributed by atoms with Crippen LogP contribution in [0.2, 0.25) is 0 Å². The zero-order valence-electron chi connectivity index (χ0n) is 20.5. The van der Waals surface area contributed by atoms with Gasteiger partial charge >= 0.3 is 12.2 Å². The highest BCUT2D eigenvalue weighted by atomic mass is 19.4. The van der Waals surface area contributed by atoms with E-state index in [1.165, 1.54) is 24.8 Å². The van der Waals surface area contributed by atoms with Crippen LogP contribution >= 0.6 is 0 Å². The van der Waals surface area contributed by atoms with Crippen molar-refractivity contribution in [2.45, 2.75) is 25.6 Å². The molecule has 7 nitrogen and oxygen atoms in total. The Hall–Kier alpha value is -4.26. The molecule has 0 saturated carbocycles. The van der Waals surface area contributed by atoms with Crippen molar-refractivity contribution in [3.05, 3.63) is 77.5 Å². The second-order valence-electron chi connectivity index (χ2n) is 9.26. The van der Waals surface area contributed by atoms with Crippen molar-refractivity contribution >= 4 is 23.2 Å². The number of nitriles is 1. The van der Waals surface area contributed by atoms with Gasteiger partial charge in [-0.15, -0.1) is 0 Å². The fourth-order valence-electron chi connectivity index (χ4n) is 4.23. The van der Waals surface area contributed by atoms with Crippen molar-refractivity contribution in [1.29, 1.82) is 5.26 Å². The number of carbonyl (C=O) groups is 2. The Morgan fingerprint density at radius 3 is 2.41 bits per heavy atom. The fraction of sp³-hybridized carbons (Fsp3) is 0.296. The van der Waals surface area contributed by atoms with Crippen molar-refractivity contribution < 1.29 is 27.5 Å². The average Bonchev–Trinajstić information content (AvgIpc) is 3.03. The molecule has 0 radical (unpaired) electrons. The number of ether oxygens (including phenoxy) is 1. The lowest BCUT2D eigenvalue weighted by Gasteiger charge is -2.27. The molecule has 2 aliphatic heterocycles. The zero-order valence-corrected chi connectivity index (χ0v) is 20.5. The van der Waals surface area contributed by atoms with Crippen LogP contribution in [0, 0.1) is 11.3 Å². The normalized spacial score (nSPS) is 17.2. The van der Waals surface area contributed by atoms with Gasteiger partial charge in [-0.1, -0.05) is 18.2 Å². The Morgan fingerprint density at radius 2 is 1.81 bits per heavy atom. The number of halogens is 3. The number of likely N-dealkylation sites (N-methyl/N-ethyl adjacent to an activating group) is 1. The van der Waals surface area contributed by atoms with Crippen LogP contribution in [0.1, 0.15) is 30.5 Å². The van der Waals surface area contributed by atoms with E-state index in [1.807, 2.05) is 43.6 Å². The van der Waals surface area contributed by atoms with Crippen LogP contribution in [-0.4, -0.2) is 54.0 Å². The molecule has 2 aromatic rings. The highest BCUT2D eigenvalue weighted by molar-refractivity contribution is 6.23. The molecule has 0 bridgehead atoms. The molecule has 0 unspecified atom stereocenters. The number of alkyl halides is 3. The van der Waals surface area contributed by atoms with Gasteiger partial charge in [-0.3, -0.25) is 4.79 Å². The molecular formula is C27H25F3N4O3. The molecule has 4 rings (SSSR count). The molecule has 0 N–H and O–H groups in total. The number of urea groups is 1. The van der Waals surface area contributed by atoms with Crippen molar-refractivity contribution in [2.24, 2.45) is 0 Å². The van der Waals surface area contributed by atoms with E-state index in [9.17, 15) is 22.8 Å². The van der Waals surface area contributed by atoms with E-state index >= 15 is 0 Å². The van der Waals surface area contributed by atoms with E-state index in [0.29, 0.717) is 16.7 Å². The average molecular weight is 511 g/mol. The number of carbonyl (C=O) groups excluding carboxylic acids is 2. The maximum absolute atomic E-state index is 13.4. The molecule has 37 heavy (non-hydrogen) atoms. The van der Waals surface area contributed by atoms with E-state index in [2.05, 4.69) is 11.0 Å². The number of imide groups is 1. The summed E-state index contributed by atoms with van der Waals surface area (Å²) >= 11 is 0. The van der Waals surface area contributed by atoms with Crippen LogP contribution in [0.25, 0.3) is 5.57 Å². The minimum Gasteiger partial charge on any atom is -0.492 e. The summed E-state index contributed by atoms with van der Waals surface area (Å²) in [6.45, 7) is 3.99. The standard InChI is InChI=1S/C27H25F3N4O3/c1-26(2)24(35)34(21-7-4-20(17-31)23(16-21)27(28,29)30)25(36)33(26)14-15-37-22-8-5-18(6-9-22)19-10-12-32(3)13-11-19/h4-12,16H,13-15H2,1-3H3. The number of anilines is 1.